The zero-order valence-electron chi connectivity index (χ0n) is 14.8. The second-order valence-electron chi connectivity index (χ2n) is 5.91. The van der Waals surface area contributed by atoms with Crippen LogP contribution < -0.4 is 5.32 Å². The fraction of sp³-hybridized carbons (Fsp3) is 0.412. The number of hydrogen-bond acceptors (Lipinski definition) is 7. The molecule has 0 radical (unpaired) electrons. The minimum Gasteiger partial charge on any atom is -0.467 e. The van der Waals surface area contributed by atoms with Gasteiger partial charge in [0.25, 0.3) is 0 Å². The van der Waals surface area contributed by atoms with Crippen molar-refractivity contribution in [2.45, 2.75) is 28.6 Å². The molecule has 3 rings (SSSR count). The molecule has 1 aliphatic rings. The smallest absolute Gasteiger partial charge is 0.244 e. The van der Waals surface area contributed by atoms with Gasteiger partial charge in [-0.25, -0.2) is 13.4 Å². The van der Waals surface area contributed by atoms with Crippen molar-refractivity contribution in [3.63, 3.8) is 0 Å². The summed E-state index contributed by atoms with van der Waals surface area (Å²) >= 11 is 1.26. The monoisotopic (exact) mass is 411 g/mol. The third-order valence-electron chi connectivity index (χ3n) is 4.00. The maximum absolute atomic E-state index is 12.6. The van der Waals surface area contributed by atoms with Gasteiger partial charge in [0.05, 0.1) is 36.3 Å². The SMILES string of the molecule is C[C@H](Sc1ccc(S(=O)(=O)N2CCOCC2)cn1)C(=O)NCc1ccco1. The summed E-state index contributed by atoms with van der Waals surface area (Å²) in [6.07, 6.45) is 2.89. The molecule has 2 aromatic rings. The van der Waals surface area contributed by atoms with Gasteiger partial charge in [-0.2, -0.15) is 4.31 Å². The molecule has 2 aromatic heterocycles. The quantitative estimate of drug-likeness (QED) is 0.689. The van der Waals surface area contributed by atoms with Crippen LogP contribution in [0.15, 0.2) is 51.1 Å². The van der Waals surface area contributed by atoms with E-state index in [-0.39, 0.29) is 16.1 Å². The first-order valence-electron chi connectivity index (χ1n) is 8.47. The lowest BCUT2D eigenvalue weighted by atomic mass is 10.4. The van der Waals surface area contributed by atoms with Crippen molar-refractivity contribution in [1.82, 2.24) is 14.6 Å². The standard InChI is InChI=1S/C17H21N3O5S2/c1-13(17(21)19-11-14-3-2-8-25-14)26-16-5-4-15(12-18-16)27(22,23)20-6-9-24-10-7-20/h2-5,8,12-13H,6-7,9-11H2,1H3,(H,19,21)/t13-/m0/s1. The highest BCUT2D eigenvalue weighted by molar-refractivity contribution is 8.00. The van der Waals surface area contributed by atoms with Gasteiger partial charge in [-0.1, -0.05) is 11.8 Å². The number of hydrogen-bond donors (Lipinski definition) is 1. The van der Waals surface area contributed by atoms with Crippen LogP contribution in [0.5, 0.6) is 0 Å². The minimum absolute atomic E-state index is 0.142. The van der Waals surface area contributed by atoms with E-state index in [0.717, 1.165) is 0 Å². The van der Waals surface area contributed by atoms with Crippen LogP contribution in [-0.2, 0) is 26.1 Å². The second-order valence-corrected chi connectivity index (χ2v) is 9.20. The van der Waals surface area contributed by atoms with E-state index >= 15 is 0 Å². The molecule has 10 heteroatoms. The van der Waals surface area contributed by atoms with E-state index in [9.17, 15) is 13.2 Å². The van der Waals surface area contributed by atoms with E-state index in [4.69, 9.17) is 9.15 Å². The number of nitrogens with one attached hydrogen (secondary N) is 1. The Morgan fingerprint density at radius 3 is 2.74 bits per heavy atom. The Morgan fingerprint density at radius 2 is 2.11 bits per heavy atom. The average Bonchev–Trinajstić information content (AvgIpc) is 3.21. The Morgan fingerprint density at radius 1 is 1.33 bits per heavy atom. The van der Waals surface area contributed by atoms with E-state index in [0.29, 0.717) is 43.6 Å². The van der Waals surface area contributed by atoms with Crippen LogP contribution in [0.4, 0.5) is 0 Å². The van der Waals surface area contributed by atoms with Gasteiger partial charge in [0, 0.05) is 19.3 Å². The van der Waals surface area contributed by atoms with E-state index in [1.165, 1.54) is 28.3 Å². The highest BCUT2D eigenvalue weighted by Crippen LogP contribution is 2.23. The molecule has 0 unspecified atom stereocenters. The molecule has 0 aliphatic carbocycles. The normalized spacial score (nSPS) is 16.8. The van der Waals surface area contributed by atoms with Gasteiger partial charge in [0.15, 0.2) is 0 Å². The molecule has 1 saturated heterocycles. The molecule has 0 bridgehead atoms. The zero-order chi connectivity index (χ0) is 19.3. The number of carbonyl (C=O) groups excluding carboxylic acids is 1. The van der Waals surface area contributed by atoms with Crippen LogP contribution >= 0.6 is 11.8 Å². The fourth-order valence-corrected chi connectivity index (χ4v) is 4.66. The van der Waals surface area contributed by atoms with E-state index < -0.39 is 10.0 Å². The molecule has 0 saturated carbocycles. The van der Waals surface area contributed by atoms with Crippen LogP contribution in [-0.4, -0.2) is 55.2 Å². The summed E-state index contributed by atoms with van der Waals surface area (Å²) in [6.45, 7) is 3.55. The number of furan rings is 1. The Labute approximate surface area is 162 Å². The van der Waals surface area contributed by atoms with Crippen LogP contribution in [0.2, 0.25) is 0 Å². The van der Waals surface area contributed by atoms with Gasteiger partial charge in [-0.3, -0.25) is 4.79 Å². The molecular weight excluding hydrogens is 390 g/mol. The molecule has 146 valence electrons. The van der Waals surface area contributed by atoms with Gasteiger partial charge in [0.1, 0.15) is 10.7 Å². The summed E-state index contributed by atoms with van der Waals surface area (Å²) < 4.78 is 36.9. The fourth-order valence-electron chi connectivity index (χ4n) is 2.49. The minimum atomic E-state index is -3.57. The van der Waals surface area contributed by atoms with Crippen molar-refractivity contribution in [2.24, 2.45) is 0 Å². The maximum atomic E-state index is 12.6. The maximum Gasteiger partial charge on any atom is 0.244 e. The summed E-state index contributed by atoms with van der Waals surface area (Å²) in [7, 11) is -3.57. The van der Waals surface area contributed by atoms with Gasteiger partial charge < -0.3 is 14.5 Å². The van der Waals surface area contributed by atoms with Crippen molar-refractivity contribution in [1.29, 1.82) is 0 Å². The number of nitrogens with zero attached hydrogens (tertiary/aromatic N) is 2. The predicted molar refractivity (Wildman–Crippen MR) is 99.7 cm³/mol. The zero-order valence-corrected chi connectivity index (χ0v) is 16.5. The largest absolute Gasteiger partial charge is 0.467 e. The van der Waals surface area contributed by atoms with Gasteiger partial charge in [0.2, 0.25) is 15.9 Å². The third kappa shape index (κ3) is 5.10. The molecule has 3 heterocycles. The molecule has 8 nitrogen and oxygen atoms in total. The Hall–Kier alpha value is -1.88. The number of rotatable bonds is 7. The van der Waals surface area contributed by atoms with E-state index in [2.05, 4.69) is 10.3 Å². The lowest BCUT2D eigenvalue weighted by Gasteiger charge is -2.25. The highest BCUT2D eigenvalue weighted by Gasteiger charge is 2.26. The van der Waals surface area contributed by atoms with Gasteiger partial charge in [-0.05, 0) is 31.2 Å². The lowest BCUT2D eigenvalue weighted by molar-refractivity contribution is -0.120. The molecule has 0 aromatic carbocycles. The number of carbonyl (C=O) groups is 1. The lowest BCUT2D eigenvalue weighted by Crippen LogP contribution is -2.40. The molecule has 1 fully saturated rings. The topological polar surface area (TPSA) is 102 Å². The van der Waals surface area contributed by atoms with Crippen molar-refractivity contribution in [2.75, 3.05) is 26.3 Å². The van der Waals surface area contributed by atoms with Crippen LogP contribution in [0.3, 0.4) is 0 Å². The molecule has 1 aliphatic heterocycles. The Kier molecular flexibility index (Phi) is 6.53. The first-order chi connectivity index (χ1) is 13.0. The van der Waals surface area contributed by atoms with Crippen LogP contribution in [0.1, 0.15) is 12.7 Å². The number of amides is 1. The molecular formula is C17H21N3O5S2. The number of aromatic nitrogens is 1. The summed E-state index contributed by atoms with van der Waals surface area (Å²) in [4.78, 5) is 16.5. The van der Waals surface area contributed by atoms with Gasteiger partial charge >= 0.3 is 0 Å². The summed E-state index contributed by atoms with van der Waals surface area (Å²) in [6, 6.07) is 6.69. The number of pyridine rings is 1. The predicted octanol–water partition coefficient (Wildman–Crippen LogP) is 1.49. The van der Waals surface area contributed by atoms with E-state index in [1.54, 1.807) is 31.4 Å². The number of morpholine rings is 1. The molecule has 1 amide bonds. The summed E-state index contributed by atoms with van der Waals surface area (Å²) in [5.41, 5.74) is 0. The van der Waals surface area contributed by atoms with Crippen molar-refractivity contribution < 1.29 is 22.4 Å². The molecule has 1 N–H and O–H groups in total. The molecule has 0 spiro atoms. The first kappa shape index (κ1) is 19.9. The summed E-state index contributed by atoms with van der Waals surface area (Å²) in [5, 5.41) is 2.99. The molecule has 27 heavy (non-hydrogen) atoms. The first-order valence-corrected chi connectivity index (χ1v) is 10.8. The third-order valence-corrected chi connectivity index (χ3v) is 6.93. The number of ether oxygens (including phenoxy) is 1. The summed E-state index contributed by atoms with van der Waals surface area (Å²) in [5.74, 6) is 0.527. The average molecular weight is 412 g/mol. The second kappa shape index (κ2) is 8.87. The van der Waals surface area contributed by atoms with Crippen LogP contribution in [0, 0.1) is 0 Å². The number of thioether (sulfide) groups is 1. The highest BCUT2D eigenvalue weighted by atomic mass is 32.2. The molecule has 1 atom stereocenters. The Balaban J connectivity index is 1.57. The number of sulfonamides is 1. The van der Waals surface area contributed by atoms with E-state index in [1.807, 2.05) is 0 Å². The van der Waals surface area contributed by atoms with Crippen LogP contribution in [0.25, 0.3) is 0 Å². The van der Waals surface area contributed by atoms with Crippen molar-refractivity contribution in [3.8, 4) is 0 Å². The van der Waals surface area contributed by atoms with Crippen molar-refractivity contribution >= 4 is 27.7 Å². The van der Waals surface area contributed by atoms with Crippen molar-refractivity contribution in [3.05, 3.63) is 42.5 Å². The Bertz CT molecular complexity index is 847. The van der Waals surface area contributed by atoms with Gasteiger partial charge in [-0.15, -0.1) is 0 Å².